The standard InChI is InChI=1S/C25H24N2O3/c28-24(19-15-16-19)27-22(17-18-9-3-1-4-10-18)25(29)26-21-13-7-8-14-23(21)30-20-11-5-2-6-12-20/h1-14,19,22H,15-17H2,(H,26,29)(H,27,28). The fourth-order valence-electron chi connectivity index (χ4n) is 3.19. The number of hydrogen-bond donors (Lipinski definition) is 2. The molecule has 1 saturated carbocycles. The van der Waals surface area contributed by atoms with Crippen molar-refractivity contribution in [2.45, 2.75) is 25.3 Å². The Kier molecular flexibility index (Phi) is 6.09. The van der Waals surface area contributed by atoms with Crippen LogP contribution in [0.2, 0.25) is 0 Å². The normalized spacial score (nSPS) is 13.9. The third-order valence-corrected chi connectivity index (χ3v) is 4.98. The maximum atomic E-state index is 13.1. The topological polar surface area (TPSA) is 67.4 Å². The summed E-state index contributed by atoms with van der Waals surface area (Å²) in [5.74, 6) is 0.938. The monoisotopic (exact) mass is 400 g/mol. The fraction of sp³-hybridized carbons (Fsp3) is 0.200. The van der Waals surface area contributed by atoms with E-state index in [1.165, 1.54) is 0 Å². The van der Waals surface area contributed by atoms with Crippen LogP contribution in [0.15, 0.2) is 84.9 Å². The lowest BCUT2D eigenvalue weighted by Gasteiger charge is -2.20. The molecular formula is C25H24N2O3. The summed E-state index contributed by atoms with van der Waals surface area (Å²) in [5, 5.41) is 5.86. The Labute approximate surface area is 176 Å². The van der Waals surface area contributed by atoms with E-state index in [2.05, 4.69) is 10.6 Å². The Morgan fingerprint density at radius 3 is 2.20 bits per heavy atom. The van der Waals surface area contributed by atoms with Crippen LogP contribution >= 0.6 is 0 Å². The highest BCUT2D eigenvalue weighted by Crippen LogP contribution is 2.30. The molecule has 3 aromatic carbocycles. The van der Waals surface area contributed by atoms with Crippen molar-refractivity contribution in [3.05, 3.63) is 90.5 Å². The minimum atomic E-state index is -0.662. The number of amides is 2. The molecule has 30 heavy (non-hydrogen) atoms. The van der Waals surface area contributed by atoms with Crippen molar-refractivity contribution >= 4 is 17.5 Å². The first-order chi connectivity index (χ1) is 14.7. The molecule has 3 aromatic rings. The molecule has 0 aliphatic heterocycles. The van der Waals surface area contributed by atoms with E-state index >= 15 is 0 Å². The molecule has 0 aromatic heterocycles. The maximum Gasteiger partial charge on any atom is 0.247 e. The molecular weight excluding hydrogens is 376 g/mol. The zero-order valence-electron chi connectivity index (χ0n) is 16.6. The van der Waals surface area contributed by atoms with Gasteiger partial charge in [-0.25, -0.2) is 0 Å². The number of nitrogens with one attached hydrogen (secondary N) is 2. The van der Waals surface area contributed by atoms with Gasteiger partial charge in [0.15, 0.2) is 5.75 Å². The molecule has 5 nitrogen and oxygen atoms in total. The predicted octanol–water partition coefficient (Wildman–Crippen LogP) is 4.55. The van der Waals surface area contributed by atoms with Crippen molar-refractivity contribution in [2.24, 2.45) is 5.92 Å². The number of para-hydroxylation sites is 3. The van der Waals surface area contributed by atoms with Gasteiger partial charge in [-0.2, -0.15) is 0 Å². The van der Waals surface area contributed by atoms with E-state index in [-0.39, 0.29) is 17.7 Å². The summed E-state index contributed by atoms with van der Waals surface area (Å²) in [4.78, 5) is 25.5. The van der Waals surface area contributed by atoms with Gasteiger partial charge in [-0.1, -0.05) is 60.7 Å². The Bertz CT molecular complexity index is 1000. The predicted molar refractivity (Wildman–Crippen MR) is 116 cm³/mol. The Morgan fingerprint density at radius 1 is 0.867 bits per heavy atom. The van der Waals surface area contributed by atoms with Gasteiger partial charge in [0.25, 0.3) is 0 Å². The van der Waals surface area contributed by atoms with Gasteiger partial charge in [-0.05, 0) is 42.7 Å². The van der Waals surface area contributed by atoms with Crippen LogP contribution < -0.4 is 15.4 Å². The molecule has 1 atom stereocenters. The van der Waals surface area contributed by atoms with Crippen molar-refractivity contribution in [1.29, 1.82) is 0 Å². The second-order valence-electron chi connectivity index (χ2n) is 7.43. The second-order valence-corrected chi connectivity index (χ2v) is 7.43. The molecule has 0 spiro atoms. The maximum absolute atomic E-state index is 13.1. The average Bonchev–Trinajstić information content (AvgIpc) is 3.62. The van der Waals surface area contributed by atoms with Gasteiger partial charge in [0.05, 0.1) is 5.69 Å². The van der Waals surface area contributed by atoms with Crippen LogP contribution in [0, 0.1) is 5.92 Å². The summed E-state index contributed by atoms with van der Waals surface area (Å²) in [6.07, 6.45) is 2.20. The molecule has 152 valence electrons. The lowest BCUT2D eigenvalue weighted by Crippen LogP contribution is -2.45. The molecule has 1 aliphatic rings. The van der Waals surface area contributed by atoms with Gasteiger partial charge in [0.1, 0.15) is 11.8 Å². The fourth-order valence-corrected chi connectivity index (χ4v) is 3.19. The first kappa shape index (κ1) is 19.7. The Hall–Kier alpha value is -3.60. The molecule has 1 aliphatic carbocycles. The smallest absolute Gasteiger partial charge is 0.247 e. The number of carbonyl (C=O) groups excluding carboxylic acids is 2. The van der Waals surface area contributed by atoms with E-state index < -0.39 is 6.04 Å². The summed E-state index contributed by atoms with van der Waals surface area (Å²) in [6.45, 7) is 0. The minimum Gasteiger partial charge on any atom is -0.455 e. The van der Waals surface area contributed by atoms with Crippen LogP contribution in [0.25, 0.3) is 0 Å². The van der Waals surface area contributed by atoms with Crippen molar-refractivity contribution in [1.82, 2.24) is 5.32 Å². The largest absolute Gasteiger partial charge is 0.455 e. The zero-order valence-corrected chi connectivity index (χ0v) is 16.6. The van der Waals surface area contributed by atoms with Crippen molar-refractivity contribution < 1.29 is 14.3 Å². The van der Waals surface area contributed by atoms with Gasteiger partial charge in [-0.3, -0.25) is 9.59 Å². The third kappa shape index (κ3) is 5.26. The zero-order chi connectivity index (χ0) is 20.8. The number of hydrogen-bond acceptors (Lipinski definition) is 3. The summed E-state index contributed by atoms with van der Waals surface area (Å²) < 4.78 is 5.94. The average molecular weight is 400 g/mol. The lowest BCUT2D eigenvalue weighted by atomic mass is 10.0. The number of ether oxygens (including phenoxy) is 1. The van der Waals surface area contributed by atoms with E-state index in [9.17, 15) is 9.59 Å². The molecule has 0 bridgehead atoms. The minimum absolute atomic E-state index is 0.0322. The van der Waals surface area contributed by atoms with Crippen LogP contribution in [0.4, 0.5) is 5.69 Å². The van der Waals surface area contributed by atoms with Crippen LogP contribution in [-0.4, -0.2) is 17.9 Å². The Morgan fingerprint density at radius 2 is 1.50 bits per heavy atom. The van der Waals surface area contributed by atoms with Gasteiger partial charge in [-0.15, -0.1) is 0 Å². The Balaban J connectivity index is 1.51. The molecule has 0 saturated heterocycles. The second kappa shape index (κ2) is 9.27. The van der Waals surface area contributed by atoms with Crippen molar-refractivity contribution in [3.8, 4) is 11.5 Å². The highest BCUT2D eigenvalue weighted by molar-refractivity contribution is 5.98. The van der Waals surface area contributed by atoms with Crippen molar-refractivity contribution in [2.75, 3.05) is 5.32 Å². The number of benzene rings is 3. The highest BCUT2D eigenvalue weighted by atomic mass is 16.5. The van der Waals surface area contributed by atoms with Gasteiger partial charge < -0.3 is 15.4 Å². The number of carbonyl (C=O) groups is 2. The molecule has 0 heterocycles. The molecule has 2 amide bonds. The van der Waals surface area contributed by atoms with Crippen LogP contribution in [0.3, 0.4) is 0 Å². The van der Waals surface area contributed by atoms with Gasteiger partial charge >= 0.3 is 0 Å². The van der Waals surface area contributed by atoms with E-state index in [1.807, 2.05) is 72.8 Å². The highest BCUT2D eigenvalue weighted by Gasteiger charge is 2.32. The first-order valence-electron chi connectivity index (χ1n) is 10.2. The summed E-state index contributed by atoms with van der Waals surface area (Å²) >= 11 is 0. The summed E-state index contributed by atoms with van der Waals surface area (Å²) in [7, 11) is 0. The van der Waals surface area contributed by atoms with E-state index in [1.54, 1.807) is 12.1 Å². The summed E-state index contributed by atoms with van der Waals surface area (Å²) in [6, 6.07) is 25.7. The molecule has 5 heteroatoms. The van der Waals surface area contributed by atoms with Crippen LogP contribution in [-0.2, 0) is 16.0 Å². The van der Waals surface area contributed by atoms with E-state index in [4.69, 9.17) is 4.74 Å². The van der Waals surface area contributed by atoms with Crippen LogP contribution in [0.5, 0.6) is 11.5 Å². The molecule has 1 fully saturated rings. The summed E-state index contributed by atoms with van der Waals surface area (Å²) in [5.41, 5.74) is 1.55. The molecule has 0 radical (unpaired) electrons. The first-order valence-corrected chi connectivity index (χ1v) is 10.2. The van der Waals surface area contributed by atoms with Gasteiger partial charge in [0, 0.05) is 12.3 Å². The quantitative estimate of drug-likeness (QED) is 0.583. The third-order valence-electron chi connectivity index (χ3n) is 4.98. The SMILES string of the molecule is O=C(NC(Cc1ccccc1)C(=O)Nc1ccccc1Oc1ccccc1)C1CC1. The van der Waals surface area contributed by atoms with E-state index in [0.29, 0.717) is 23.6 Å². The van der Waals surface area contributed by atoms with Crippen LogP contribution in [0.1, 0.15) is 18.4 Å². The molecule has 2 N–H and O–H groups in total. The van der Waals surface area contributed by atoms with E-state index in [0.717, 1.165) is 18.4 Å². The van der Waals surface area contributed by atoms with Crippen molar-refractivity contribution in [3.63, 3.8) is 0 Å². The lowest BCUT2D eigenvalue weighted by molar-refractivity contribution is -0.127. The molecule has 4 rings (SSSR count). The number of anilines is 1. The number of rotatable bonds is 8. The van der Waals surface area contributed by atoms with Gasteiger partial charge in [0.2, 0.25) is 11.8 Å². The molecule has 1 unspecified atom stereocenters.